The molecule has 0 heterocycles. The maximum atomic E-state index is 12.5. The standard InChI is InChI=1S/C28H27Cl2N3O6/c1-5-10-38-23-9-7-19(13-24(23)36-3)28(35)33-31-15-18-11-22(30)27(25(12-18)37-4)39-16-26(34)32-20-8-6-17(2)21(29)14-20/h5-9,11-15H,1,10,16H2,2-4H3,(H,32,34)(H,33,35)/b31-15+. The molecule has 204 valence electrons. The summed E-state index contributed by atoms with van der Waals surface area (Å²) >= 11 is 12.5. The van der Waals surface area contributed by atoms with Gasteiger partial charge in [0.1, 0.15) is 6.61 Å². The molecule has 0 bridgehead atoms. The Labute approximate surface area is 236 Å². The number of methoxy groups -OCH3 is 2. The van der Waals surface area contributed by atoms with Gasteiger partial charge in [-0.15, -0.1) is 0 Å². The minimum absolute atomic E-state index is 0.184. The fourth-order valence-electron chi connectivity index (χ4n) is 3.27. The fourth-order valence-corrected chi connectivity index (χ4v) is 3.72. The van der Waals surface area contributed by atoms with Gasteiger partial charge in [0.2, 0.25) is 0 Å². The summed E-state index contributed by atoms with van der Waals surface area (Å²) in [6.45, 7) is 5.46. The lowest BCUT2D eigenvalue weighted by molar-refractivity contribution is -0.118. The highest BCUT2D eigenvalue weighted by Gasteiger charge is 2.15. The van der Waals surface area contributed by atoms with Gasteiger partial charge in [0.05, 0.1) is 25.5 Å². The van der Waals surface area contributed by atoms with Gasteiger partial charge in [-0.25, -0.2) is 5.43 Å². The van der Waals surface area contributed by atoms with Crippen molar-refractivity contribution < 1.29 is 28.5 Å². The van der Waals surface area contributed by atoms with Gasteiger partial charge in [-0.1, -0.05) is 41.9 Å². The Morgan fingerprint density at radius 3 is 2.41 bits per heavy atom. The van der Waals surface area contributed by atoms with Crippen molar-refractivity contribution >= 4 is 46.9 Å². The zero-order valence-corrected chi connectivity index (χ0v) is 23.1. The van der Waals surface area contributed by atoms with E-state index in [-0.39, 0.29) is 23.1 Å². The lowest BCUT2D eigenvalue weighted by Crippen LogP contribution is -2.20. The smallest absolute Gasteiger partial charge is 0.271 e. The van der Waals surface area contributed by atoms with Gasteiger partial charge >= 0.3 is 0 Å². The molecule has 0 aromatic heterocycles. The summed E-state index contributed by atoms with van der Waals surface area (Å²) in [4.78, 5) is 24.9. The Hall–Kier alpha value is -4.21. The molecule has 3 rings (SSSR count). The summed E-state index contributed by atoms with van der Waals surface area (Å²) in [5.74, 6) is 0.483. The van der Waals surface area contributed by atoms with Gasteiger partial charge < -0.3 is 24.3 Å². The van der Waals surface area contributed by atoms with Crippen LogP contribution in [0.5, 0.6) is 23.0 Å². The third-order valence-electron chi connectivity index (χ3n) is 5.22. The number of hydrazone groups is 1. The van der Waals surface area contributed by atoms with Gasteiger partial charge in [-0.05, 0) is 60.5 Å². The Morgan fingerprint density at radius 1 is 0.949 bits per heavy atom. The minimum Gasteiger partial charge on any atom is -0.493 e. The first-order valence-corrected chi connectivity index (χ1v) is 12.3. The monoisotopic (exact) mass is 571 g/mol. The molecule has 0 aliphatic rings. The summed E-state index contributed by atoms with van der Waals surface area (Å²) in [7, 11) is 2.92. The van der Waals surface area contributed by atoms with E-state index in [9.17, 15) is 9.59 Å². The van der Waals surface area contributed by atoms with Gasteiger partial charge in [0.25, 0.3) is 11.8 Å². The molecule has 11 heteroatoms. The summed E-state index contributed by atoms with van der Waals surface area (Å²) in [5, 5.41) is 7.42. The first-order valence-electron chi connectivity index (χ1n) is 11.6. The van der Waals surface area contributed by atoms with Crippen molar-refractivity contribution in [2.75, 3.05) is 32.8 Å². The number of amides is 2. The van der Waals surface area contributed by atoms with Crippen molar-refractivity contribution in [2.45, 2.75) is 6.92 Å². The van der Waals surface area contributed by atoms with Crippen molar-refractivity contribution in [3.05, 3.63) is 87.9 Å². The number of rotatable bonds is 12. The second-order valence-corrected chi connectivity index (χ2v) is 8.81. The summed E-state index contributed by atoms with van der Waals surface area (Å²) < 4.78 is 21.8. The van der Waals surface area contributed by atoms with Crippen molar-refractivity contribution in [1.29, 1.82) is 0 Å². The summed E-state index contributed by atoms with van der Waals surface area (Å²) in [6, 6.07) is 13.1. The van der Waals surface area contributed by atoms with Crippen LogP contribution >= 0.6 is 23.2 Å². The molecule has 0 atom stereocenters. The molecule has 0 unspecified atom stereocenters. The SMILES string of the molecule is C=CCOc1ccc(C(=O)N/N=C/c2cc(Cl)c(OCC(=O)Nc3ccc(C)c(Cl)c3)c(OC)c2)cc1OC. The maximum Gasteiger partial charge on any atom is 0.271 e. The number of hydrogen-bond acceptors (Lipinski definition) is 7. The Bertz CT molecular complexity index is 1390. The quantitative estimate of drug-likeness (QED) is 0.165. The topological polar surface area (TPSA) is 107 Å². The largest absolute Gasteiger partial charge is 0.493 e. The zero-order chi connectivity index (χ0) is 28.4. The van der Waals surface area contributed by atoms with E-state index in [0.29, 0.717) is 39.9 Å². The van der Waals surface area contributed by atoms with E-state index in [4.69, 9.17) is 42.1 Å². The second kappa shape index (κ2) is 14.1. The molecular formula is C28H27Cl2N3O6. The predicted molar refractivity (Wildman–Crippen MR) is 152 cm³/mol. The molecule has 0 fully saturated rings. The van der Waals surface area contributed by atoms with Gasteiger partial charge in [-0.2, -0.15) is 5.10 Å². The Kier molecular flexibility index (Phi) is 10.6. The third-order valence-corrected chi connectivity index (χ3v) is 5.91. The van der Waals surface area contributed by atoms with Crippen LogP contribution in [-0.4, -0.2) is 45.5 Å². The maximum absolute atomic E-state index is 12.5. The average Bonchev–Trinajstić information content (AvgIpc) is 2.92. The van der Waals surface area contributed by atoms with Crippen LogP contribution in [0.2, 0.25) is 10.0 Å². The normalized spacial score (nSPS) is 10.6. The number of benzene rings is 3. The first-order chi connectivity index (χ1) is 18.7. The van der Waals surface area contributed by atoms with Crippen LogP contribution in [0.25, 0.3) is 0 Å². The number of carbonyl (C=O) groups excluding carboxylic acids is 2. The number of ether oxygens (including phenoxy) is 4. The highest BCUT2D eigenvalue weighted by atomic mass is 35.5. The number of halogens is 2. The van der Waals surface area contributed by atoms with E-state index in [0.717, 1.165) is 5.56 Å². The third kappa shape index (κ3) is 8.13. The minimum atomic E-state index is -0.460. The molecule has 9 nitrogen and oxygen atoms in total. The summed E-state index contributed by atoms with van der Waals surface area (Å²) in [5.41, 5.74) is 4.73. The number of hydrogen-bond donors (Lipinski definition) is 2. The van der Waals surface area contributed by atoms with Crippen LogP contribution in [0.15, 0.2) is 66.3 Å². The van der Waals surface area contributed by atoms with Crippen LogP contribution in [-0.2, 0) is 4.79 Å². The van der Waals surface area contributed by atoms with Crippen LogP contribution in [0, 0.1) is 6.92 Å². The second-order valence-electron chi connectivity index (χ2n) is 8.00. The molecule has 0 aliphatic heterocycles. The number of carbonyl (C=O) groups is 2. The molecule has 3 aromatic carbocycles. The fraction of sp³-hybridized carbons (Fsp3) is 0.179. The van der Waals surface area contributed by atoms with E-state index in [1.165, 1.54) is 20.4 Å². The highest BCUT2D eigenvalue weighted by Crippen LogP contribution is 2.36. The van der Waals surface area contributed by atoms with E-state index < -0.39 is 11.8 Å². The first kappa shape index (κ1) is 29.3. The molecule has 2 amide bonds. The lowest BCUT2D eigenvalue weighted by atomic mass is 10.2. The highest BCUT2D eigenvalue weighted by molar-refractivity contribution is 6.32. The van der Waals surface area contributed by atoms with Crippen LogP contribution in [0.1, 0.15) is 21.5 Å². The molecule has 3 aromatic rings. The zero-order valence-electron chi connectivity index (χ0n) is 21.5. The molecule has 0 spiro atoms. The molecule has 0 radical (unpaired) electrons. The summed E-state index contributed by atoms with van der Waals surface area (Å²) in [6.07, 6.45) is 3.00. The molecule has 0 saturated carbocycles. The van der Waals surface area contributed by atoms with Crippen molar-refractivity contribution in [3.63, 3.8) is 0 Å². The predicted octanol–water partition coefficient (Wildman–Crippen LogP) is 5.67. The van der Waals surface area contributed by atoms with Gasteiger partial charge in [-0.3, -0.25) is 9.59 Å². The van der Waals surface area contributed by atoms with E-state index >= 15 is 0 Å². The molecule has 0 aliphatic carbocycles. The number of nitrogens with one attached hydrogen (secondary N) is 2. The Morgan fingerprint density at radius 2 is 1.72 bits per heavy atom. The van der Waals surface area contributed by atoms with Crippen LogP contribution in [0.3, 0.4) is 0 Å². The number of aryl methyl sites for hydroxylation is 1. The van der Waals surface area contributed by atoms with Crippen molar-refractivity contribution in [3.8, 4) is 23.0 Å². The van der Waals surface area contributed by atoms with Gasteiger partial charge in [0, 0.05) is 16.3 Å². The molecule has 2 N–H and O–H groups in total. The lowest BCUT2D eigenvalue weighted by Gasteiger charge is -2.13. The number of nitrogens with zero attached hydrogens (tertiary/aromatic N) is 1. The van der Waals surface area contributed by atoms with Crippen LogP contribution in [0.4, 0.5) is 5.69 Å². The van der Waals surface area contributed by atoms with Gasteiger partial charge in [0.15, 0.2) is 29.6 Å². The van der Waals surface area contributed by atoms with E-state index in [2.05, 4.69) is 22.4 Å². The van der Waals surface area contributed by atoms with E-state index in [1.54, 1.807) is 54.6 Å². The van der Waals surface area contributed by atoms with Crippen molar-refractivity contribution in [2.24, 2.45) is 5.10 Å². The number of anilines is 1. The average molecular weight is 572 g/mol. The molecule has 0 saturated heterocycles. The molecule has 39 heavy (non-hydrogen) atoms. The van der Waals surface area contributed by atoms with Crippen LogP contribution < -0.4 is 29.7 Å². The van der Waals surface area contributed by atoms with E-state index in [1.807, 2.05) is 6.92 Å². The van der Waals surface area contributed by atoms with Crippen molar-refractivity contribution in [1.82, 2.24) is 5.43 Å². The molecular weight excluding hydrogens is 545 g/mol. The Balaban J connectivity index is 1.63.